The number of para-hydroxylation sites is 1. The molecular weight excluding hydrogens is 657 g/mol. The molecule has 3 aromatic carbocycles. The summed E-state index contributed by atoms with van der Waals surface area (Å²) in [4.78, 5) is 15.6. The lowest BCUT2D eigenvalue weighted by molar-refractivity contribution is 0.0359. The second-order valence-electron chi connectivity index (χ2n) is 14.2. The lowest BCUT2D eigenvalue weighted by atomic mass is 9.80. The maximum Gasteiger partial charge on any atom is 0.352 e. The van der Waals surface area contributed by atoms with Crippen LogP contribution >= 0.6 is 0 Å². The van der Waals surface area contributed by atoms with E-state index >= 15 is 0 Å². The van der Waals surface area contributed by atoms with Crippen molar-refractivity contribution in [3.8, 4) is 16.9 Å². The normalized spacial score (nSPS) is 18.4. The molecule has 0 radical (unpaired) electrons. The summed E-state index contributed by atoms with van der Waals surface area (Å²) in [6.07, 6.45) is 5.37. The van der Waals surface area contributed by atoms with E-state index < -0.39 is 5.97 Å². The number of carbonyl (C=O) groups is 1. The first-order chi connectivity index (χ1) is 25.4. The molecule has 10 heteroatoms. The monoisotopic (exact) mass is 709 g/mol. The summed E-state index contributed by atoms with van der Waals surface area (Å²) >= 11 is 0. The van der Waals surface area contributed by atoms with Gasteiger partial charge in [-0.2, -0.15) is 5.10 Å². The molecular formula is C42H52FN5O4. The van der Waals surface area contributed by atoms with Gasteiger partial charge in [0, 0.05) is 59.2 Å². The first kappa shape index (κ1) is 36.1. The van der Waals surface area contributed by atoms with E-state index in [1.807, 2.05) is 18.2 Å². The number of aryl methyl sites for hydroxylation is 1. The number of rotatable bonds is 11. The molecule has 2 fully saturated rings. The molecule has 52 heavy (non-hydrogen) atoms. The summed E-state index contributed by atoms with van der Waals surface area (Å²) in [5.41, 5.74) is 6.88. The summed E-state index contributed by atoms with van der Waals surface area (Å²) in [7, 11) is 0. The number of fused-ring (bicyclic) bond motifs is 6. The number of halogens is 1. The van der Waals surface area contributed by atoms with Crippen molar-refractivity contribution in [2.75, 3.05) is 52.5 Å². The van der Waals surface area contributed by atoms with Crippen molar-refractivity contribution in [3.63, 3.8) is 0 Å². The Labute approximate surface area is 305 Å². The van der Waals surface area contributed by atoms with Crippen molar-refractivity contribution < 1.29 is 23.8 Å². The van der Waals surface area contributed by atoms with Crippen LogP contribution in [0.5, 0.6) is 5.75 Å². The highest BCUT2D eigenvalue weighted by molar-refractivity contribution is 6.05. The zero-order chi connectivity index (χ0) is 36.2. The van der Waals surface area contributed by atoms with Crippen molar-refractivity contribution in [1.82, 2.24) is 24.6 Å². The van der Waals surface area contributed by atoms with Crippen LogP contribution in [-0.4, -0.2) is 82.9 Å². The van der Waals surface area contributed by atoms with E-state index in [9.17, 15) is 14.3 Å². The highest BCUT2D eigenvalue weighted by Crippen LogP contribution is 2.52. The van der Waals surface area contributed by atoms with E-state index in [0.717, 1.165) is 122 Å². The van der Waals surface area contributed by atoms with Gasteiger partial charge in [0.1, 0.15) is 17.3 Å². The molecule has 0 amide bonds. The average molecular weight is 710 g/mol. The Bertz CT molecular complexity index is 2030. The fraction of sp³-hybridized carbons (Fsp3) is 0.476. The fourth-order valence-corrected chi connectivity index (χ4v) is 8.66. The van der Waals surface area contributed by atoms with Crippen LogP contribution in [-0.2, 0) is 17.7 Å². The van der Waals surface area contributed by atoms with Crippen molar-refractivity contribution >= 4 is 27.6 Å². The van der Waals surface area contributed by atoms with Crippen molar-refractivity contribution in [1.29, 1.82) is 0 Å². The van der Waals surface area contributed by atoms with Crippen LogP contribution in [0, 0.1) is 12.7 Å². The molecule has 1 saturated carbocycles. The Morgan fingerprint density at radius 3 is 2.58 bits per heavy atom. The maximum atomic E-state index is 13.8. The largest absolute Gasteiger partial charge is 0.493 e. The highest BCUT2D eigenvalue weighted by Gasteiger charge is 2.40. The third-order valence-electron chi connectivity index (χ3n) is 11.1. The highest BCUT2D eigenvalue weighted by atomic mass is 19.1. The third kappa shape index (κ3) is 7.08. The summed E-state index contributed by atoms with van der Waals surface area (Å²) in [5.74, 6) is -0.285. The molecule has 5 aromatic rings. The number of hydrogen-bond acceptors (Lipinski definition) is 6. The number of carboxylic acids is 1. The molecule has 2 atom stereocenters. The first-order valence-corrected chi connectivity index (χ1v) is 19.2. The molecule has 9 nitrogen and oxygen atoms in total. The van der Waals surface area contributed by atoms with Crippen molar-refractivity contribution in [3.05, 3.63) is 83.1 Å². The van der Waals surface area contributed by atoms with Crippen LogP contribution in [0.2, 0.25) is 0 Å². The Morgan fingerprint density at radius 2 is 1.81 bits per heavy atom. The van der Waals surface area contributed by atoms with Crippen LogP contribution < -0.4 is 10.1 Å². The minimum atomic E-state index is -0.879. The van der Waals surface area contributed by atoms with E-state index in [4.69, 9.17) is 14.6 Å². The molecule has 276 valence electrons. The lowest BCUT2D eigenvalue weighted by Gasteiger charge is -2.32. The lowest BCUT2D eigenvalue weighted by Crippen LogP contribution is -2.38. The van der Waals surface area contributed by atoms with E-state index in [0.29, 0.717) is 30.9 Å². The second kappa shape index (κ2) is 16.2. The van der Waals surface area contributed by atoms with E-state index in [1.54, 1.807) is 6.07 Å². The number of aromatic carboxylic acids is 1. The number of ether oxygens (including phenoxy) is 2. The Balaban J connectivity index is 0.000000789. The van der Waals surface area contributed by atoms with Gasteiger partial charge < -0.3 is 24.5 Å². The van der Waals surface area contributed by atoms with Crippen LogP contribution in [0.3, 0.4) is 0 Å². The molecule has 0 spiro atoms. The van der Waals surface area contributed by atoms with Gasteiger partial charge in [-0.1, -0.05) is 57.0 Å². The Kier molecular flexibility index (Phi) is 11.2. The predicted octanol–water partition coefficient (Wildman–Crippen LogP) is 7.98. The quantitative estimate of drug-likeness (QED) is 0.134. The number of nitrogens with zero attached hydrogens (tertiary/aromatic N) is 4. The van der Waals surface area contributed by atoms with Gasteiger partial charge >= 0.3 is 5.97 Å². The van der Waals surface area contributed by atoms with Crippen LogP contribution in [0.4, 0.5) is 4.39 Å². The molecule has 8 rings (SSSR count). The zero-order valence-electron chi connectivity index (χ0n) is 30.8. The number of hydrogen-bond donors (Lipinski definition) is 2. The first-order valence-electron chi connectivity index (χ1n) is 19.2. The minimum absolute atomic E-state index is 0.0443. The number of nitrogens with one attached hydrogen (secondary N) is 1. The number of aromatic nitrogens is 3. The van der Waals surface area contributed by atoms with E-state index in [2.05, 4.69) is 58.4 Å². The average Bonchev–Trinajstić information content (AvgIpc) is 3.63. The summed E-state index contributed by atoms with van der Waals surface area (Å²) in [6, 6.07) is 16.7. The fourth-order valence-electron chi connectivity index (χ4n) is 8.66. The maximum absolute atomic E-state index is 13.8. The number of morpholine rings is 1. The molecule has 3 aliphatic rings. The SMILES string of the molecule is CCNCC.Cc1c2c(nn1CCN1CCOCC1)C1CCCCC1n1c(C(=O)O)c(CCCOc3cccc4cc(F)ccc34)c3cccc-2c31. The topological polar surface area (TPSA) is 93.8 Å². The van der Waals surface area contributed by atoms with Crippen LogP contribution in [0.15, 0.2) is 54.6 Å². The Hall–Kier alpha value is -4.25. The molecule has 2 aliphatic heterocycles. The van der Waals surface area contributed by atoms with Gasteiger partial charge in [-0.3, -0.25) is 9.58 Å². The predicted molar refractivity (Wildman–Crippen MR) is 204 cm³/mol. The van der Waals surface area contributed by atoms with Crippen molar-refractivity contribution in [2.24, 2.45) is 0 Å². The third-order valence-corrected chi connectivity index (χ3v) is 11.1. The van der Waals surface area contributed by atoms with Gasteiger partial charge in [-0.05, 0) is 80.9 Å². The van der Waals surface area contributed by atoms with Gasteiger partial charge in [-0.15, -0.1) is 0 Å². The molecule has 2 unspecified atom stereocenters. The molecule has 1 saturated heterocycles. The Morgan fingerprint density at radius 1 is 1.02 bits per heavy atom. The van der Waals surface area contributed by atoms with Gasteiger partial charge in [0.15, 0.2) is 0 Å². The van der Waals surface area contributed by atoms with Gasteiger partial charge in [0.05, 0.1) is 37.6 Å². The van der Waals surface area contributed by atoms with Crippen molar-refractivity contribution in [2.45, 2.75) is 77.8 Å². The molecule has 4 heterocycles. The minimum Gasteiger partial charge on any atom is -0.493 e. The second-order valence-corrected chi connectivity index (χ2v) is 14.2. The van der Waals surface area contributed by atoms with E-state index in [1.165, 1.54) is 17.7 Å². The van der Waals surface area contributed by atoms with Crippen LogP contribution in [0.25, 0.3) is 32.8 Å². The zero-order valence-corrected chi connectivity index (χ0v) is 30.8. The standard InChI is InChI=1S/C38H41FN4O4.C4H11N/c1-24-34-31-10-5-9-28-29(11-6-20-47-33-13-4-7-25-23-26(39)14-15-27(25)33)37(38(44)45)43(36(28)31)32-12-3-2-8-30(32)35(34)40-42(24)17-16-41-18-21-46-22-19-41;1-3-5-4-2/h4-5,7,9-10,13-15,23,30,32H,2-3,6,8,11-12,16-22H2,1H3,(H,44,45);5H,3-4H2,1-2H3. The number of carboxylic acid groups (broad SMARTS) is 1. The van der Waals surface area contributed by atoms with E-state index in [-0.39, 0.29) is 17.8 Å². The number of benzene rings is 3. The van der Waals surface area contributed by atoms with Crippen LogP contribution in [0.1, 0.15) is 85.4 Å². The molecule has 0 bridgehead atoms. The summed E-state index contributed by atoms with van der Waals surface area (Å²) < 4.78 is 29.9. The smallest absolute Gasteiger partial charge is 0.352 e. The van der Waals surface area contributed by atoms with Gasteiger partial charge in [0.25, 0.3) is 0 Å². The summed E-state index contributed by atoms with van der Waals surface area (Å²) in [6.45, 7) is 14.2. The molecule has 1 aliphatic carbocycles. The van der Waals surface area contributed by atoms with Gasteiger partial charge in [0.2, 0.25) is 0 Å². The molecule has 2 aromatic heterocycles. The van der Waals surface area contributed by atoms with Gasteiger partial charge in [-0.25, -0.2) is 9.18 Å². The summed E-state index contributed by atoms with van der Waals surface area (Å²) in [5, 5.41) is 21.9. The molecule has 2 N–H and O–H groups in total.